The van der Waals surface area contributed by atoms with Crippen LogP contribution >= 0.6 is 11.8 Å². The summed E-state index contributed by atoms with van der Waals surface area (Å²) in [7, 11) is 3.12. The Bertz CT molecular complexity index is 1860. The van der Waals surface area contributed by atoms with Gasteiger partial charge in [0.2, 0.25) is 5.91 Å². The number of nitrogens with one attached hydrogen (secondary N) is 3. The molecule has 5 rings (SSSR count). The number of hydrogen-bond acceptors (Lipinski definition) is 6. The minimum Gasteiger partial charge on any atom is -0.497 e. The number of carbonyl (C=O) groups excluding carboxylic acids is 3. The summed E-state index contributed by atoms with van der Waals surface area (Å²) in [6.45, 7) is 0. The lowest BCUT2D eigenvalue weighted by atomic mass is 10.1. The Labute approximate surface area is 277 Å². The average molecular weight is 644 g/mol. The molecule has 0 aliphatic rings. The second-order valence-electron chi connectivity index (χ2n) is 10.2. The highest BCUT2D eigenvalue weighted by atomic mass is 32.2. The zero-order valence-corrected chi connectivity index (χ0v) is 26.6. The molecule has 0 spiro atoms. The SMILES string of the molecule is COc1cccc(/C=C(\NC(=O)c2ccccc2)C(=O)Nc2ccc(SC(C(=O)Nc3ccccc3OC)c3ccccc3)cc2)c1. The van der Waals surface area contributed by atoms with Crippen molar-refractivity contribution in [3.63, 3.8) is 0 Å². The van der Waals surface area contributed by atoms with Gasteiger partial charge in [0.1, 0.15) is 22.4 Å². The van der Waals surface area contributed by atoms with Crippen LogP contribution in [0.25, 0.3) is 6.08 Å². The van der Waals surface area contributed by atoms with E-state index in [1.807, 2.05) is 66.7 Å². The summed E-state index contributed by atoms with van der Waals surface area (Å²) in [6.07, 6.45) is 1.59. The van der Waals surface area contributed by atoms with Gasteiger partial charge in [-0.25, -0.2) is 0 Å². The molecular formula is C38H33N3O5S. The number of carbonyl (C=O) groups is 3. The van der Waals surface area contributed by atoms with Crippen molar-refractivity contribution in [1.29, 1.82) is 0 Å². The lowest BCUT2D eigenvalue weighted by molar-refractivity contribution is -0.116. The van der Waals surface area contributed by atoms with E-state index in [1.165, 1.54) is 11.8 Å². The van der Waals surface area contributed by atoms with Gasteiger partial charge in [0.25, 0.3) is 11.8 Å². The maximum absolute atomic E-state index is 13.6. The minimum absolute atomic E-state index is 0.0581. The molecule has 47 heavy (non-hydrogen) atoms. The second-order valence-corrected chi connectivity index (χ2v) is 11.4. The molecule has 0 radical (unpaired) electrons. The summed E-state index contributed by atoms with van der Waals surface area (Å²) in [5, 5.41) is 8.05. The summed E-state index contributed by atoms with van der Waals surface area (Å²) in [6, 6.07) is 39.8. The number of rotatable bonds is 12. The van der Waals surface area contributed by atoms with E-state index in [-0.39, 0.29) is 11.6 Å². The molecule has 0 heterocycles. The fraction of sp³-hybridized carbons (Fsp3) is 0.0789. The lowest BCUT2D eigenvalue weighted by Crippen LogP contribution is -2.30. The van der Waals surface area contributed by atoms with Crippen LogP contribution in [0.1, 0.15) is 26.7 Å². The van der Waals surface area contributed by atoms with Crippen molar-refractivity contribution < 1.29 is 23.9 Å². The predicted octanol–water partition coefficient (Wildman–Crippen LogP) is 7.59. The number of benzene rings is 5. The highest BCUT2D eigenvalue weighted by Crippen LogP contribution is 2.37. The van der Waals surface area contributed by atoms with Gasteiger partial charge in [0.15, 0.2) is 0 Å². The molecule has 236 valence electrons. The Hall–Kier alpha value is -5.80. The van der Waals surface area contributed by atoms with Crippen LogP contribution in [-0.2, 0) is 9.59 Å². The van der Waals surface area contributed by atoms with Crippen molar-refractivity contribution in [2.75, 3.05) is 24.9 Å². The van der Waals surface area contributed by atoms with Crippen molar-refractivity contribution in [2.45, 2.75) is 10.1 Å². The Morgan fingerprint density at radius 3 is 2.09 bits per heavy atom. The second kappa shape index (κ2) is 16.0. The van der Waals surface area contributed by atoms with E-state index in [2.05, 4.69) is 16.0 Å². The third-order valence-electron chi connectivity index (χ3n) is 7.01. The van der Waals surface area contributed by atoms with Crippen molar-refractivity contribution in [3.05, 3.63) is 156 Å². The van der Waals surface area contributed by atoms with Gasteiger partial charge in [-0.15, -0.1) is 11.8 Å². The number of hydrogen-bond donors (Lipinski definition) is 3. The van der Waals surface area contributed by atoms with Crippen molar-refractivity contribution in [3.8, 4) is 11.5 Å². The summed E-state index contributed by atoms with van der Waals surface area (Å²) in [5.41, 5.74) is 3.08. The van der Waals surface area contributed by atoms with Crippen LogP contribution in [0.3, 0.4) is 0 Å². The monoisotopic (exact) mass is 643 g/mol. The van der Waals surface area contributed by atoms with E-state index in [4.69, 9.17) is 9.47 Å². The molecule has 1 atom stereocenters. The van der Waals surface area contributed by atoms with Gasteiger partial charge in [0.05, 0.1) is 19.9 Å². The summed E-state index contributed by atoms with van der Waals surface area (Å²) < 4.78 is 10.7. The summed E-state index contributed by atoms with van der Waals surface area (Å²) >= 11 is 1.38. The van der Waals surface area contributed by atoms with Gasteiger partial charge in [-0.2, -0.15) is 0 Å². The smallest absolute Gasteiger partial charge is 0.272 e. The number of para-hydroxylation sites is 2. The highest BCUT2D eigenvalue weighted by Gasteiger charge is 2.23. The van der Waals surface area contributed by atoms with Gasteiger partial charge >= 0.3 is 0 Å². The standard InChI is InChI=1S/C38H33N3O5S/c1-45-30-17-11-12-26(24-30)25-33(41-36(42)28-15-7-4-8-16-28)37(43)39-29-20-22-31(23-21-29)47-35(27-13-5-3-6-14-27)38(44)40-32-18-9-10-19-34(32)46-2/h3-25,35H,1-2H3,(H,39,43)(H,40,44)(H,41,42)/b33-25-. The lowest BCUT2D eigenvalue weighted by Gasteiger charge is -2.18. The van der Waals surface area contributed by atoms with Crippen LogP contribution in [0.15, 0.2) is 144 Å². The van der Waals surface area contributed by atoms with Crippen molar-refractivity contribution in [2.24, 2.45) is 0 Å². The molecule has 3 N–H and O–H groups in total. The molecule has 5 aromatic rings. The number of methoxy groups -OCH3 is 2. The number of ether oxygens (including phenoxy) is 2. The molecule has 1 unspecified atom stereocenters. The minimum atomic E-state index is -0.563. The fourth-order valence-electron chi connectivity index (χ4n) is 4.64. The van der Waals surface area contributed by atoms with E-state index in [1.54, 1.807) is 87.0 Å². The van der Waals surface area contributed by atoms with E-state index in [9.17, 15) is 14.4 Å². The van der Waals surface area contributed by atoms with Crippen LogP contribution in [0.5, 0.6) is 11.5 Å². The Kier molecular flexibility index (Phi) is 11.1. The molecule has 0 bridgehead atoms. The van der Waals surface area contributed by atoms with E-state index in [0.29, 0.717) is 34.0 Å². The molecule has 8 nitrogen and oxygen atoms in total. The average Bonchev–Trinajstić information content (AvgIpc) is 3.12. The van der Waals surface area contributed by atoms with Crippen LogP contribution < -0.4 is 25.4 Å². The van der Waals surface area contributed by atoms with Crippen LogP contribution in [0, 0.1) is 0 Å². The Morgan fingerprint density at radius 1 is 0.702 bits per heavy atom. The molecule has 3 amide bonds. The molecule has 0 saturated heterocycles. The fourth-order valence-corrected chi connectivity index (χ4v) is 5.66. The van der Waals surface area contributed by atoms with Crippen molar-refractivity contribution in [1.82, 2.24) is 5.32 Å². The first-order valence-electron chi connectivity index (χ1n) is 14.7. The van der Waals surface area contributed by atoms with Gasteiger partial charge in [-0.3, -0.25) is 14.4 Å². The van der Waals surface area contributed by atoms with Crippen LogP contribution in [0.2, 0.25) is 0 Å². The number of amides is 3. The molecule has 9 heteroatoms. The topological polar surface area (TPSA) is 106 Å². The molecular weight excluding hydrogens is 611 g/mol. The normalized spacial score (nSPS) is 11.6. The zero-order valence-electron chi connectivity index (χ0n) is 25.8. The molecule has 0 aliphatic heterocycles. The molecule has 0 aliphatic carbocycles. The molecule has 5 aromatic carbocycles. The van der Waals surface area contributed by atoms with E-state index < -0.39 is 17.1 Å². The molecule has 0 aromatic heterocycles. The largest absolute Gasteiger partial charge is 0.497 e. The maximum Gasteiger partial charge on any atom is 0.272 e. The zero-order chi connectivity index (χ0) is 33.0. The first-order chi connectivity index (χ1) is 22.9. The third kappa shape index (κ3) is 8.90. The maximum atomic E-state index is 13.6. The first-order valence-corrected chi connectivity index (χ1v) is 15.6. The van der Waals surface area contributed by atoms with Gasteiger partial charge in [-0.05, 0) is 77.9 Å². The Balaban J connectivity index is 1.34. The predicted molar refractivity (Wildman–Crippen MR) is 187 cm³/mol. The van der Waals surface area contributed by atoms with Crippen LogP contribution in [0.4, 0.5) is 11.4 Å². The van der Waals surface area contributed by atoms with E-state index >= 15 is 0 Å². The molecule has 0 fully saturated rings. The highest BCUT2D eigenvalue weighted by molar-refractivity contribution is 8.00. The quantitative estimate of drug-likeness (QED) is 0.0956. The number of thioether (sulfide) groups is 1. The summed E-state index contributed by atoms with van der Waals surface area (Å²) in [5.74, 6) is 0.0596. The van der Waals surface area contributed by atoms with Gasteiger partial charge in [0, 0.05) is 16.1 Å². The third-order valence-corrected chi connectivity index (χ3v) is 8.27. The Morgan fingerprint density at radius 2 is 1.38 bits per heavy atom. The van der Waals surface area contributed by atoms with Gasteiger partial charge in [-0.1, -0.05) is 72.8 Å². The first kappa shape index (κ1) is 32.6. The summed E-state index contributed by atoms with van der Waals surface area (Å²) in [4.78, 5) is 40.9. The van der Waals surface area contributed by atoms with Crippen molar-refractivity contribution >= 4 is 46.9 Å². The van der Waals surface area contributed by atoms with Gasteiger partial charge < -0.3 is 25.4 Å². The number of anilines is 2. The van der Waals surface area contributed by atoms with E-state index in [0.717, 1.165) is 10.5 Å². The molecule has 0 saturated carbocycles. The van der Waals surface area contributed by atoms with Crippen LogP contribution in [-0.4, -0.2) is 31.9 Å².